The molecule has 0 saturated carbocycles. The van der Waals surface area contributed by atoms with Gasteiger partial charge in [0.2, 0.25) is 0 Å². The summed E-state index contributed by atoms with van der Waals surface area (Å²) < 4.78 is 28.3. The molecular weight excluding hydrogens is 343 g/mol. The Balaban J connectivity index is 1.74. The summed E-state index contributed by atoms with van der Waals surface area (Å²) in [5, 5.41) is 2.64. The van der Waals surface area contributed by atoms with Gasteiger partial charge < -0.3 is 19.2 Å². The lowest BCUT2D eigenvalue weighted by Crippen LogP contribution is -2.38. The number of aryl methyl sites for hydroxylation is 1. The van der Waals surface area contributed by atoms with E-state index < -0.39 is 11.9 Å². The number of esters is 1. The third kappa shape index (κ3) is 6.29. The van der Waals surface area contributed by atoms with Crippen LogP contribution >= 0.6 is 0 Å². The van der Waals surface area contributed by atoms with Gasteiger partial charge >= 0.3 is 5.97 Å². The summed E-state index contributed by atoms with van der Waals surface area (Å²) in [5.41, 5.74) is 0.689. The van der Waals surface area contributed by atoms with Gasteiger partial charge in [0.05, 0.1) is 19.2 Å². The molecule has 26 heavy (non-hydrogen) atoms. The van der Waals surface area contributed by atoms with Crippen LogP contribution in [0.4, 0.5) is 4.39 Å². The SMILES string of the molecule is COCC(C)NC(=O)COC(=O)CCc1ncc(-c2ccc(F)cc2)o1. The van der Waals surface area contributed by atoms with Crippen LogP contribution in [0.5, 0.6) is 0 Å². The number of nitrogens with zero attached hydrogens (tertiary/aromatic N) is 1. The van der Waals surface area contributed by atoms with Crippen molar-refractivity contribution in [2.24, 2.45) is 0 Å². The molecule has 140 valence electrons. The monoisotopic (exact) mass is 364 g/mol. The van der Waals surface area contributed by atoms with Gasteiger partial charge in [0.15, 0.2) is 18.3 Å². The normalized spacial score (nSPS) is 11.8. The van der Waals surface area contributed by atoms with E-state index in [0.29, 0.717) is 23.8 Å². The molecule has 0 spiro atoms. The summed E-state index contributed by atoms with van der Waals surface area (Å²) in [5.74, 6) is -0.407. The van der Waals surface area contributed by atoms with Gasteiger partial charge in [0.25, 0.3) is 5.91 Å². The Kier molecular flexibility index (Phi) is 7.28. The Morgan fingerprint density at radius 1 is 1.31 bits per heavy atom. The molecule has 8 heteroatoms. The molecule has 1 heterocycles. The summed E-state index contributed by atoms with van der Waals surface area (Å²) >= 11 is 0. The van der Waals surface area contributed by atoms with Gasteiger partial charge in [-0.1, -0.05) is 0 Å². The largest absolute Gasteiger partial charge is 0.456 e. The molecule has 0 aliphatic rings. The second-order valence-electron chi connectivity index (χ2n) is 5.71. The van der Waals surface area contributed by atoms with E-state index in [4.69, 9.17) is 13.9 Å². The van der Waals surface area contributed by atoms with Crippen molar-refractivity contribution < 1.29 is 27.9 Å². The molecule has 2 rings (SSSR count). The fourth-order valence-corrected chi connectivity index (χ4v) is 2.21. The number of nitrogens with one attached hydrogen (secondary N) is 1. The van der Waals surface area contributed by atoms with Crippen molar-refractivity contribution in [2.75, 3.05) is 20.3 Å². The van der Waals surface area contributed by atoms with Gasteiger partial charge in [-0.3, -0.25) is 9.59 Å². The van der Waals surface area contributed by atoms with E-state index in [1.807, 2.05) is 0 Å². The van der Waals surface area contributed by atoms with E-state index >= 15 is 0 Å². The van der Waals surface area contributed by atoms with Crippen LogP contribution in [0.2, 0.25) is 0 Å². The van der Waals surface area contributed by atoms with Crippen LogP contribution in [0.3, 0.4) is 0 Å². The quantitative estimate of drug-likeness (QED) is 0.686. The maximum atomic E-state index is 12.9. The molecule has 2 aromatic rings. The minimum absolute atomic E-state index is 0.0320. The van der Waals surface area contributed by atoms with E-state index in [-0.39, 0.29) is 31.3 Å². The molecule has 1 aromatic carbocycles. The Hall–Kier alpha value is -2.74. The molecule has 0 saturated heterocycles. The highest BCUT2D eigenvalue weighted by molar-refractivity contribution is 5.80. The van der Waals surface area contributed by atoms with Crippen molar-refractivity contribution in [2.45, 2.75) is 25.8 Å². The highest BCUT2D eigenvalue weighted by atomic mass is 19.1. The van der Waals surface area contributed by atoms with E-state index in [0.717, 1.165) is 0 Å². The molecule has 1 N–H and O–H groups in total. The predicted octanol–water partition coefficient (Wildman–Crippen LogP) is 2.11. The predicted molar refractivity (Wildman–Crippen MR) is 90.7 cm³/mol. The van der Waals surface area contributed by atoms with Gasteiger partial charge in [0.1, 0.15) is 5.82 Å². The molecule has 7 nitrogen and oxygen atoms in total. The molecule has 0 bridgehead atoms. The third-order valence-electron chi connectivity index (χ3n) is 3.41. The molecule has 1 atom stereocenters. The standard InChI is InChI=1S/C18H21FN2O5/c1-12(10-24-2)21-16(22)11-25-18(23)8-7-17-20-9-15(26-17)13-3-5-14(19)6-4-13/h3-6,9,12H,7-8,10-11H2,1-2H3,(H,21,22). The number of rotatable bonds is 9. The first kappa shape index (κ1) is 19.6. The first-order valence-electron chi connectivity index (χ1n) is 8.12. The lowest BCUT2D eigenvalue weighted by atomic mass is 10.2. The van der Waals surface area contributed by atoms with Gasteiger partial charge in [-0.15, -0.1) is 0 Å². The number of benzene rings is 1. The first-order valence-corrected chi connectivity index (χ1v) is 8.12. The molecule has 1 amide bonds. The highest BCUT2D eigenvalue weighted by Gasteiger charge is 2.12. The number of carbonyl (C=O) groups is 2. The molecule has 0 aliphatic heterocycles. The molecule has 0 aliphatic carbocycles. The Bertz CT molecular complexity index is 729. The lowest BCUT2D eigenvalue weighted by Gasteiger charge is -2.12. The van der Waals surface area contributed by atoms with E-state index in [1.54, 1.807) is 19.1 Å². The van der Waals surface area contributed by atoms with Crippen LogP contribution in [-0.2, 0) is 25.5 Å². The van der Waals surface area contributed by atoms with E-state index in [1.165, 1.54) is 25.4 Å². The fraction of sp³-hybridized carbons (Fsp3) is 0.389. The molecule has 1 aromatic heterocycles. The van der Waals surface area contributed by atoms with E-state index in [9.17, 15) is 14.0 Å². The van der Waals surface area contributed by atoms with Crippen LogP contribution in [0, 0.1) is 5.82 Å². The summed E-state index contributed by atoms with van der Waals surface area (Å²) in [6, 6.07) is 5.65. The summed E-state index contributed by atoms with van der Waals surface area (Å²) in [7, 11) is 1.53. The van der Waals surface area contributed by atoms with Crippen LogP contribution in [-0.4, -0.2) is 43.2 Å². The number of hydrogen-bond donors (Lipinski definition) is 1. The molecule has 1 unspecified atom stereocenters. The number of ether oxygens (including phenoxy) is 2. The Morgan fingerprint density at radius 3 is 2.73 bits per heavy atom. The average Bonchev–Trinajstić information content (AvgIpc) is 3.08. The van der Waals surface area contributed by atoms with Crippen LogP contribution in [0.15, 0.2) is 34.9 Å². The van der Waals surface area contributed by atoms with Crippen molar-refractivity contribution in [3.8, 4) is 11.3 Å². The molecule has 0 fully saturated rings. The Morgan fingerprint density at radius 2 is 2.04 bits per heavy atom. The zero-order valence-electron chi connectivity index (χ0n) is 14.7. The van der Waals surface area contributed by atoms with Gasteiger partial charge in [0, 0.05) is 25.1 Å². The average molecular weight is 364 g/mol. The number of oxazole rings is 1. The lowest BCUT2D eigenvalue weighted by molar-refractivity contribution is -0.148. The van der Waals surface area contributed by atoms with Gasteiger partial charge in [-0.05, 0) is 31.2 Å². The van der Waals surface area contributed by atoms with Crippen LogP contribution in [0.1, 0.15) is 19.2 Å². The van der Waals surface area contributed by atoms with E-state index in [2.05, 4.69) is 10.3 Å². The van der Waals surface area contributed by atoms with Crippen molar-refractivity contribution in [3.05, 3.63) is 42.2 Å². The second kappa shape index (κ2) is 9.67. The first-order chi connectivity index (χ1) is 12.5. The summed E-state index contributed by atoms with van der Waals surface area (Å²) in [6.07, 6.45) is 1.78. The number of halogens is 1. The highest BCUT2D eigenvalue weighted by Crippen LogP contribution is 2.21. The van der Waals surface area contributed by atoms with Crippen molar-refractivity contribution in [3.63, 3.8) is 0 Å². The number of carbonyl (C=O) groups excluding carboxylic acids is 2. The second-order valence-corrected chi connectivity index (χ2v) is 5.71. The maximum absolute atomic E-state index is 12.9. The topological polar surface area (TPSA) is 90.7 Å². The third-order valence-corrected chi connectivity index (χ3v) is 3.41. The smallest absolute Gasteiger partial charge is 0.306 e. The summed E-state index contributed by atoms with van der Waals surface area (Å²) in [4.78, 5) is 27.4. The summed E-state index contributed by atoms with van der Waals surface area (Å²) in [6.45, 7) is 1.81. The zero-order valence-corrected chi connectivity index (χ0v) is 14.7. The van der Waals surface area contributed by atoms with Crippen molar-refractivity contribution in [1.29, 1.82) is 0 Å². The maximum Gasteiger partial charge on any atom is 0.306 e. The van der Waals surface area contributed by atoms with Crippen LogP contribution in [0.25, 0.3) is 11.3 Å². The van der Waals surface area contributed by atoms with Crippen molar-refractivity contribution >= 4 is 11.9 Å². The molecular formula is C18H21FN2O5. The van der Waals surface area contributed by atoms with Gasteiger partial charge in [-0.2, -0.15) is 0 Å². The van der Waals surface area contributed by atoms with Crippen molar-refractivity contribution in [1.82, 2.24) is 10.3 Å². The number of aromatic nitrogens is 1. The zero-order chi connectivity index (χ0) is 18.9. The number of methoxy groups -OCH3 is 1. The van der Waals surface area contributed by atoms with Gasteiger partial charge in [-0.25, -0.2) is 9.37 Å². The minimum atomic E-state index is -0.527. The number of hydrogen-bond acceptors (Lipinski definition) is 6. The molecule has 0 radical (unpaired) electrons. The number of amides is 1. The van der Waals surface area contributed by atoms with Crippen LogP contribution < -0.4 is 5.32 Å². The fourth-order valence-electron chi connectivity index (χ4n) is 2.21. The Labute approximate surface area is 150 Å². The minimum Gasteiger partial charge on any atom is -0.456 e.